The maximum absolute atomic E-state index is 11.4. The highest BCUT2D eigenvalue weighted by molar-refractivity contribution is 7.90. The number of anilines is 1. The van der Waals surface area contributed by atoms with Gasteiger partial charge < -0.3 is 0 Å². The van der Waals surface area contributed by atoms with Gasteiger partial charge in [0.2, 0.25) is 0 Å². The Morgan fingerprint density at radius 1 is 1.62 bits per heavy atom. The van der Waals surface area contributed by atoms with Crippen molar-refractivity contribution in [3.8, 4) is 0 Å². The molecule has 0 amide bonds. The van der Waals surface area contributed by atoms with E-state index in [-0.39, 0.29) is 0 Å². The summed E-state index contributed by atoms with van der Waals surface area (Å²) < 4.78 is 26.6. The van der Waals surface area contributed by atoms with E-state index in [4.69, 9.17) is 0 Å². The minimum atomic E-state index is -3.34. The highest BCUT2D eigenvalue weighted by Gasteiger charge is 2.15. The summed E-state index contributed by atoms with van der Waals surface area (Å²) >= 11 is 1.45. The van der Waals surface area contributed by atoms with Crippen LogP contribution in [0.25, 0.3) is 0 Å². The summed E-state index contributed by atoms with van der Waals surface area (Å²) in [6.45, 7) is 2.24. The molecule has 0 fully saturated rings. The van der Waals surface area contributed by atoms with Gasteiger partial charge in [-0.3, -0.25) is 4.72 Å². The largest absolute Gasteiger partial charge is 0.301 e. The molecule has 0 saturated carbocycles. The van der Waals surface area contributed by atoms with Gasteiger partial charge in [0, 0.05) is 19.0 Å². The van der Waals surface area contributed by atoms with Crippen molar-refractivity contribution in [2.75, 3.05) is 18.3 Å². The summed E-state index contributed by atoms with van der Waals surface area (Å²) in [6.07, 6.45) is 0. The fourth-order valence-electron chi connectivity index (χ4n) is 0.719. The number of hydrogen-bond acceptors (Lipinski definition) is 3. The number of thiophene rings is 1. The number of rotatable bonds is 4. The zero-order valence-corrected chi connectivity index (χ0v) is 9.15. The molecule has 1 aromatic heterocycles. The molecule has 1 rings (SSSR count). The summed E-state index contributed by atoms with van der Waals surface area (Å²) in [6, 6.07) is 1.73. The van der Waals surface area contributed by atoms with Gasteiger partial charge in [0.1, 0.15) is 0 Å². The Morgan fingerprint density at radius 3 is 2.77 bits per heavy atom. The Hall–Kier alpha value is -0.590. The molecule has 6 heteroatoms. The maximum atomic E-state index is 11.4. The van der Waals surface area contributed by atoms with Crippen LogP contribution in [0.3, 0.4) is 0 Å². The van der Waals surface area contributed by atoms with Gasteiger partial charge in [-0.05, 0) is 11.4 Å². The molecular formula is C7H12N2O2S2. The molecule has 1 N–H and O–H groups in total. The molecule has 1 aromatic rings. The van der Waals surface area contributed by atoms with Gasteiger partial charge in [-0.1, -0.05) is 6.92 Å². The van der Waals surface area contributed by atoms with Crippen molar-refractivity contribution in [1.82, 2.24) is 4.31 Å². The maximum Gasteiger partial charge on any atom is 0.301 e. The Balaban J connectivity index is 2.74. The second kappa shape index (κ2) is 4.08. The van der Waals surface area contributed by atoms with Crippen molar-refractivity contribution in [2.24, 2.45) is 0 Å². The van der Waals surface area contributed by atoms with Gasteiger partial charge in [-0.15, -0.1) is 0 Å². The van der Waals surface area contributed by atoms with Crippen LogP contribution in [-0.2, 0) is 10.2 Å². The van der Waals surface area contributed by atoms with E-state index < -0.39 is 10.2 Å². The molecule has 0 aliphatic heterocycles. The van der Waals surface area contributed by atoms with Crippen molar-refractivity contribution in [2.45, 2.75) is 6.92 Å². The van der Waals surface area contributed by atoms with Crippen molar-refractivity contribution >= 4 is 27.2 Å². The summed E-state index contributed by atoms with van der Waals surface area (Å²) in [7, 11) is -1.81. The third kappa shape index (κ3) is 2.68. The molecule has 0 aromatic carbocycles. The average molecular weight is 220 g/mol. The summed E-state index contributed by atoms with van der Waals surface area (Å²) in [5.41, 5.74) is 0.616. The van der Waals surface area contributed by atoms with E-state index in [0.29, 0.717) is 12.2 Å². The normalized spacial score (nSPS) is 11.9. The molecule has 0 radical (unpaired) electrons. The lowest BCUT2D eigenvalue weighted by Gasteiger charge is -2.15. The molecule has 0 aliphatic rings. The first-order valence-corrected chi connectivity index (χ1v) is 6.21. The summed E-state index contributed by atoms with van der Waals surface area (Å²) in [5, 5.41) is 3.57. The van der Waals surface area contributed by atoms with Gasteiger partial charge in [0.25, 0.3) is 0 Å². The van der Waals surface area contributed by atoms with Crippen LogP contribution in [0, 0.1) is 0 Å². The molecule has 1 heterocycles. The fourth-order valence-corrected chi connectivity index (χ4v) is 2.30. The second-order valence-electron chi connectivity index (χ2n) is 2.53. The van der Waals surface area contributed by atoms with E-state index in [1.54, 1.807) is 18.4 Å². The van der Waals surface area contributed by atoms with Crippen LogP contribution in [0.15, 0.2) is 16.8 Å². The van der Waals surface area contributed by atoms with E-state index in [1.165, 1.54) is 22.7 Å². The molecule has 0 bridgehead atoms. The van der Waals surface area contributed by atoms with E-state index >= 15 is 0 Å². The summed E-state index contributed by atoms with van der Waals surface area (Å²) in [4.78, 5) is 0. The molecule has 0 unspecified atom stereocenters. The van der Waals surface area contributed by atoms with Crippen LogP contribution in [0.5, 0.6) is 0 Å². The number of nitrogens with zero attached hydrogens (tertiary/aromatic N) is 1. The van der Waals surface area contributed by atoms with Crippen LogP contribution in [0.4, 0.5) is 5.69 Å². The highest BCUT2D eigenvalue weighted by Crippen LogP contribution is 2.14. The van der Waals surface area contributed by atoms with Gasteiger partial charge in [-0.25, -0.2) is 0 Å². The molecule has 13 heavy (non-hydrogen) atoms. The zero-order valence-electron chi connectivity index (χ0n) is 7.52. The van der Waals surface area contributed by atoms with Crippen LogP contribution in [0.2, 0.25) is 0 Å². The lowest BCUT2D eigenvalue weighted by atomic mass is 10.6. The third-order valence-electron chi connectivity index (χ3n) is 1.62. The Kier molecular flexibility index (Phi) is 3.29. The van der Waals surface area contributed by atoms with Crippen LogP contribution in [0.1, 0.15) is 6.92 Å². The van der Waals surface area contributed by atoms with Gasteiger partial charge in [0.05, 0.1) is 5.69 Å². The molecule has 74 valence electrons. The quantitative estimate of drug-likeness (QED) is 0.833. The number of hydrogen-bond donors (Lipinski definition) is 1. The molecule has 0 spiro atoms. The molecule has 0 atom stereocenters. The topological polar surface area (TPSA) is 49.4 Å². The van der Waals surface area contributed by atoms with Gasteiger partial charge in [-0.2, -0.15) is 24.1 Å². The smallest absolute Gasteiger partial charge is 0.270 e. The Bertz CT molecular complexity index is 345. The zero-order chi connectivity index (χ0) is 9.90. The Morgan fingerprint density at radius 2 is 2.31 bits per heavy atom. The standard InChI is InChI=1S/C7H12N2O2S2/c1-3-9(2)13(10,11)8-7-4-5-12-6-7/h4-6,8H,3H2,1-2H3. The summed E-state index contributed by atoms with van der Waals surface area (Å²) in [5.74, 6) is 0. The van der Waals surface area contributed by atoms with Gasteiger partial charge >= 0.3 is 10.2 Å². The van der Waals surface area contributed by atoms with Crippen molar-refractivity contribution in [3.05, 3.63) is 16.8 Å². The van der Waals surface area contributed by atoms with Crippen LogP contribution >= 0.6 is 11.3 Å². The van der Waals surface area contributed by atoms with E-state index in [2.05, 4.69) is 4.72 Å². The fraction of sp³-hybridized carbons (Fsp3) is 0.429. The lowest BCUT2D eigenvalue weighted by molar-refractivity contribution is 0.492. The third-order valence-corrected chi connectivity index (χ3v) is 3.88. The average Bonchev–Trinajstić information content (AvgIpc) is 2.54. The van der Waals surface area contributed by atoms with Crippen molar-refractivity contribution in [1.29, 1.82) is 0 Å². The van der Waals surface area contributed by atoms with E-state index in [9.17, 15) is 8.42 Å². The Labute approximate surface area is 82.4 Å². The number of nitrogens with one attached hydrogen (secondary N) is 1. The molecule has 0 aliphatic carbocycles. The highest BCUT2D eigenvalue weighted by atomic mass is 32.2. The molecular weight excluding hydrogens is 208 g/mol. The van der Waals surface area contributed by atoms with Crippen LogP contribution in [-0.4, -0.2) is 26.3 Å². The van der Waals surface area contributed by atoms with E-state index in [1.807, 2.05) is 5.38 Å². The van der Waals surface area contributed by atoms with Crippen LogP contribution < -0.4 is 4.72 Å². The lowest BCUT2D eigenvalue weighted by Crippen LogP contribution is -2.32. The first-order valence-electron chi connectivity index (χ1n) is 3.82. The predicted molar refractivity (Wildman–Crippen MR) is 55.2 cm³/mol. The second-order valence-corrected chi connectivity index (χ2v) is 5.09. The van der Waals surface area contributed by atoms with E-state index in [0.717, 1.165) is 0 Å². The van der Waals surface area contributed by atoms with Crippen molar-refractivity contribution < 1.29 is 8.42 Å². The van der Waals surface area contributed by atoms with Gasteiger partial charge in [0.15, 0.2) is 0 Å². The predicted octanol–water partition coefficient (Wildman–Crippen LogP) is 1.36. The SMILES string of the molecule is CCN(C)S(=O)(=O)Nc1ccsc1. The monoisotopic (exact) mass is 220 g/mol. The molecule has 0 saturated heterocycles. The minimum absolute atomic E-state index is 0.458. The molecule has 4 nitrogen and oxygen atoms in total. The van der Waals surface area contributed by atoms with Crippen molar-refractivity contribution in [3.63, 3.8) is 0 Å². The minimum Gasteiger partial charge on any atom is -0.270 e. The first-order chi connectivity index (χ1) is 6.06. The first kappa shape index (κ1) is 10.5.